The lowest BCUT2D eigenvalue weighted by molar-refractivity contribution is 0.143. The minimum atomic E-state index is -0.173. The van der Waals surface area contributed by atoms with Gasteiger partial charge in [0.25, 0.3) is 0 Å². The van der Waals surface area contributed by atoms with Crippen LogP contribution in [0.5, 0.6) is 17.2 Å². The van der Waals surface area contributed by atoms with Gasteiger partial charge in [0.15, 0.2) is 0 Å². The SMILES string of the molecule is COc1ccc(CN2CCN(C(=O)Nc3cc(Cl)c(OC)cc3OC)CC2)cc1. The highest BCUT2D eigenvalue weighted by Crippen LogP contribution is 2.36. The van der Waals surface area contributed by atoms with Crippen molar-refractivity contribution in [3.8, 4) is 17.2 Å². The molecule has 7 nitrogen and oxygen atoms in total. The largest absolute Gasteiger partial charge is 0.497 e. The molecule has 29 heavy (non-hydrogen) atoms. The standard InChI is InChI=1S/C21H26ClN3O4/c1-27-16-6-4-15(5-7-16)14-24-8-10-25(11-9-24)21(26)23-18-12-17(22)19(28-2)13-20(18)29-3/h4-7,12-13H,8-11,14H2,1-3H3,(H,23,26). The smallest absolute Gasteiger partial charge is 0.322 e. The van der Waals surface area contributed by atoms with Crippen LogP contribution in [-0.2, 0) is 6.54 Å². The quantitative estimate of drug-likeness (QED) is 0.773. The first kappa shape index (κ1) is 21.1. The predicted octanol–water partition coefficient (Wildman–Crippen LogP) is 3.72. The molecule has 156 valence electrons. The summed E-state index contributed by atoms with van der Waals surface area (Å²) in [4.78, 5) is 16.8. The van der Waals surface area contributed by atoms with Gasteiger partial charge in [-0.1, -0.05) is 23.7 Å². The molecule has 1 fully saturated rings. The summed E-state index contributed by atoms with van der Waals surface area (Å²) in [7, 11) is 4.73. The van der Waals surface area contributed by atoms with Crippen molar-refractivity contribution < 1.29 is 19.0 Å². The van der Waals surface area contributed by atoms with Crippen LogP contribution >= 0.6 is 11.6 Å². The van der Waals surface area contributed by atoms with Gasteiger partial charge >= 0.3 is 6.03 Å². The van der Waals surface area contributed by atoms with Crippen LogP contribution in [-0.4, -0.2) is 63.3 Å². The predicted molar refractivity (Wildman–Crippen MR) is 113 cm³/mol. The summed E-state index contributed by atoms with van der Waals surface area (Å²) < 4.78 is 15.7. The van der Waals surface area contributed by atoms with Crippen LogP contribution in [0.3, 0.4) is 0 Å². The van der Waals surface area contributed by atoms with E-state index < -0.39 is 0 Å². The maximum atomic E-state index is 12.7. The van der Waals surface area contributed by atoms with Crippen molar-refractivity contribution in [1.82, 2.24) is 9.80 Å². The summed E-state index contributed by atoms with van der Waals surface area (Å²) in [5, 5.41) is 3.30. The summed E-state index contributed by atoms with van der Waals surface area (Å²) in [6.07, 6.45) is 0. The van der Waals surface area contributed by atoms with Gasteiger partial charge in [-0.2, -0.15) is 0 Å². The van der Waals surface area contributed by atoms with E-state index in [1.54, 1.807) is 24.1 Å². The second kappa shape index (κ2) is 9.71. The van der Waals surface area contributed by atoms with E-state index in [2.05, 4.69) is 22.3 Å². The molecule has 2 aromatic carbocycles. The van der Waals surface area contributed by atoms with E-state index in [0.717, 1.165) is 25.4 Å². The Kier molecular flexibility index (Phi) is 7.06. The number of anilines is 1. The van der Waals surface area contributed by atoms with Gasteiger partial charge < -0.3 is 24.4 Å². The fourth-order valence-corrected chi connectivity index (χ4v) is 3.49. The number of methoxy groups -OCH3 is 3. The number of rotatable bonds is 6. The third kappa shape index (κ3) is 5.25. The molecule has 1 N–H and O–H groups in total. The molecule has 0 aliphatic carbocycles. The van der Waals surface area contributed by atoms with Gasteiger partial charge in [0.05, 0.1) is 32.0 Å². The number of halogens is 1. The zero-order valence-corrected chi connectivity index (χ0v) is 17.7. The van der Waals surface area contributed by atoms with E-state index in [9.17, 15) is 4.79 Å². The topological polar surface area (TPSA) is 63.3 Å². The molecule has 1 heterocycles. The van der Waals surface area contributed by atoms with Crippen molar-refractivity contribution in [2.75, 3.05) is 52.8 Å². The molecule has 1 saturated heterocycles. The Bertz CT molecular complexity index is 837. The number of amides is 2. The molecule has 8 heteroatoms. The van der Waals surface area contributed by atoms with Crippen molar-refractivity contribution in [3.63, 3.8) is 0 Å². The van der Waals surface area contributed by atoms with E-state index in [1.807, 2.05) is 12.1 Å². The van der Waals surface area contributed by atoms with Gasteiger partial charge in [0.2, 0.25) is 0 Å². The first-order valence-corrected chi connectivity index (χ1v) is 9.74. The van der Waals surface area contributed by atoms with Crippen LogP contribution in [0.4, 0.5) is 10.5 Å². The molecule has 2 amide bonds. The lowest BCUT2D eigenvalue weighted by Crippen LogP contribution is -2.49. The zero-order chi connectivity index (χ0) is 20.8. The first-order chi connectivity index (χ1) is 14.0. The number of urea groups is 1. The molecule has 0 spiro atoms. The van der Waals surface area contributed by atoms with Gasteiger partial charge in [-0.3, -0.25) is 4.90 Å². The third-order valence-electron chi connectivity index (χ3n) is 4.94. The molecular weight excluding hydrogens is 394 g/mol. The average Bonchev–Trinajstić information content (AvgIpc) is 2.75. The highest BCUT2D eigenvalue weighted by Gasteiger charge is 2.22. The van der Waals surface area contributed by atoms with E-state index in [0.29, 0.717) is 35.3 Å². The van der Waals surface area contributed by atoms with Gasteiger partial charge in [0, 0.05) is 38.8 Å². The second-order valence-corrected chi connectivity index (χ2v) is 7.14. The number of carbonyl (C=O) groups excluding carboxylic acids is 1. The summed E-state index contributed by atoms with van der Waals surface area (Å²) >= 11 is 6.18. The maximum absolute atomic E-state index is 12.7. The Morgan fingerprint density at radius 1 is 0.966 bits per heavy atom. The van der Waals surface area contributed by atoms with Crippen LogP contribution in [0, 0.1) is 0 Å². The fourth-order valence-electron chi connectivity index (χ4n) is 3.25. The molecule has 1 aliphatic heterocycles. The van der Waals surface area contributed by atoms with Crippen LogP contribution in [0.25, 0.3) is 0 Å². The molecule has 1 aliphatic rings. The van der Waals surface area contributed by atoms with E-state index >= 15 is 0 Å². The first-order valence-electron chi connectivity index (χ1n) is 9.36. The molecular formula is C21H26ClN3O4. The van der Waals surface area contributed by atoms with Gasteiger partial charge in [-0.25, -0.2) is 4.79 Å². The zero-order valence-electron chi connectivity index (χ0n) is 16.9. The monoisotopic (exact) mass is 419 g/mol. The van der Waals surface area contributed by atoms with Gasteiger partial charge in [-0.15, -0.1) is 0 Å². The molecule has 0 atom stereocenters. The number of ether oxygens (including phenoxy) is 3. The van der Waals surface area contributed by atoms with Crippen molar-refractivity contribution in [1.29, 1.82) is 0 Å². The summed E-state index contributed by atoms with van der Waals surface area (Å²) in [5.41, 5.74) is 1.74. The van der Waals surface area contributed by atoms with Crippen LogP contribution in [0.15, 0.2) is 36.4 Å². The Morgan fingerprint density at radius 2 is 1.62 bits per heavy atom. The normalized spacial score (nSPS) is 14.4. The Morgan fingerprint density at radius 3 is 2.21 bits per heavy atom. The highest BCUT2D eigenvalue weighted by molar-refractivity contribution is 6.32. The van der Waals surface area contributed by atoms with Crippen LogP contribution in [0.2, 0.25) is 5.02 Å². The van der Waals surface area contributed by atoms with Crippen LogP contribution in [0.1, 0.15) is 5.56 Å². The minimum Gasteiger partial charge on any atom is -0.497 e. The number of nitrogens with one attached hydrogen (secondary N) is 1. The molecule has 0 radical (unpaired) electrons. The molecule has 0 bridgehead atoms. The average molecular weight is 420 g/mol. The third-order valence-corrected chi connectivity index (χ3v) is 5.24. The lowest BCUT2D eigenvalue weighted by Gasteiger charge is -2.34. The molecule has 0 aromatic heterocycles. The Hall–Kier alpha value is -2.64. The fraction of sp³-hybridized carbons (Fsp3) is 0.381. The number of hydrogen-bond donors (Lipinski definition) is 1. The Labute approximate surface area is 176 Å². The number of hydrogen-bond acceptors (Lipinski definition) is 5. The van der Waals surface area contributed by atoms with Gasteiger partial charge in [0.1, 0.15) is 17.2 Å². The van der Waals surface area contributed by atoms with E-state index in [1.165, 1.54) is 19.8 Å². The maximum Gasteiger partial charge on any atom is 0.322 e. The van der Waals surface area contributed by atoms with Crippen molar-refractivity contribution >= 4 is 23.3 Å². The van der Waals surface area contributed by atoms with Crippen LogP contribution < -0.4 is 19.5 Å². The second-order valence-electron chi connectivity index (χ2n) is 6.73. The minimum absolute atomic E-state index is 0.173. The molecule has 0 saturated carbocycles. The van der Waals surface area contributed by atoms with Crippen molar-refractivity contribution in [2.45, 2.75) is 6.54 Å². The number of benzene rings is 2. The van der Waals surface area contributed by atoms with E-state index in [4.69, 9.17) is 25.8 Å². The molecule has 3 rings (SSSR count). The lowest BCUT2D eigenvalue weighted by atomic mass is 10.2. The summed E-state index contributed by atoms with van der Waals surface area (Å²) in [5.74, 6) is 1.84. The molecule has 2 aromatic rings. The van der Waals surface area contributed by atoms with Crippen molar-refractivity contribution in [2.24, 2.45) is 0 Å². The molecule has 0 unspecified atom stereocenters. The van der Waals surface area contributed by atoms with Crippen molar-refractivity contribution in [3.05, 3.63) is 47.0 Å². The highest BCUT2D eigenvalue weighted by atomic mass is 35.5. The number of piperazine rings is 1. The Balaban J connectivity index is 1.55. The summed E-state index contributed by atoms with van der Waals surface area (Å²) in [6, 6.07) is 11.2. The van der Waals surface area contributed by atoms with E-state index in [-0.39, 0.29) is 6.03 Å². The number of nitrogens with zero attached hydrogens (tertiary/aromatic N) is 2. The number of carbonyl (C=O) groups is 1. The van der Waals surface area contributed by atoms with Gasteiger partial charge in [-0.05, 0) is 23.8 Å². The summed E-state index contributed by atoms with van der Waals surface area (Å²) in [6.45, 7) is 3.75.